The van der Waals surface area contributed by atoms with Crippen LogP contribution in [0.5, 0.6) is 0 Å². The molecule has 3 aliphatic rings. The Morgan fingerprint density at radius 2 is 2.36 bits per heavy atom. The van der Waals surface area contributed by atoms with E-state index in [2.05, 4.69) is 0 Å². The molecule has 0 aromatic carbocycles. The maximum atomic E-state index is 11.4. The fraction of sp³-hybridized carbons (Fsp3) is 0.889. The van der Waals surface area contributed by atoms with Crippen molar-refractivity contribution < 1.29 is 9.53 Å². The van der Waals surface area contributed by atoms with Gasteiger partial charge in [-0.25, -0.2) is 0 Å². The summed E-state index contributed by atoms with van der Waals surface area (Å²) >= 11 is 0. The molecule has 3 aliphatic carbocycles. The summed E-state index contributed by atoms with van der Waals surface area (Å²) in [5, 5.41) is 0. The average Bonchev–Trinajstić information content (AvgIpc) is 2.81. The quantitative estimate of drug-likeness (QED) is 0.590. The number of carbonyl (C=O) groups excluding carboxylic acids is 1. The van der Waals surface area contributed by atoms with E-state index in [-0.39, 0.29) is 5.60 Å². The van der Waals surface area contributed by atoms with Gasteiger partial charge in [-0.2, -0.15) is 0 Å². The van der Waals surface area contributed by atoms with Gasteiger partial charge in [0.05, 0.1) is 0 Å². The first-order chi connectivity index (χ1) is 5.32. The Morgan fingerprint density at radius 3 is 2.91 bits per heavy atom. The topological polar surface area (TPSA) is 26.3 Å². The van der Waals surface area contributed by atoms with E-state index in [1.54, 1.807) is 0 Å². The van der Waals surface area contributed by atoms with Gasteiger partial charge in [0.1, 0.15) is 5.60 Å². The summed E-state index contributed by atoms with van der Waals surface area (Å²) in [7, 11) is 0. The van der Waals surface area contributed by atoms with Crippen LogP contribution in [0.15, 0.2) is 0 Å². The van der Waals surface area contributed by atoms with E-state index in [0.717, 1.165) is 18.8 Å². The average molecular weight is 152 g/mol. The summed E-state index contributed by atoms with van der Waals surface area (Å²) in [5.74, 6) is 2.57. The first-order valence-corrected chi connectivity index (χ1v) is 4.49. The zero-order valence-electron chi connectivity index (χ0n) is 6.67. The molecule has 2 heteroatoms. The predicted octanol–water partition coefficient (Wildman–Crippen LogP) is 1.00. The SMILES string of the molecule is CCOC12C(=O)CCC3C1C32. The van der Waals surface area contributed by atoms with Crippen molar-refractivity contribution in [3.05, 3.63) is 0 Å². The largest absolute Gasteiger partial charge is 0.367 e. The first-order valence-electron chi connectivity index (χ1n) is 4.49. The molecule has 0 spiro atoms. The molecule has 0 aromatic heterocycles. The molecule has 0 saturated heterocycles. The zero-order valence-corrected chi connectivity index (χ0v) is 6.67. The van der Waals surface area contributed by atoms with Crippen LogP contribution in [0.25, 0.3) is 0 Å². The lowest BCUT2D eigenvalue weighted by Crippen LogP contribution is -2.41. The summed E-state index contributed by atoms with van der Waals surface area (Å²) in [5.41, 5.74) is -0.225. The molecule has 60 valence electrons. The number of rotatable bonds is 2. The molecule has 0 aromatic rings. The Kier molecular flexibility index (Phi) is 0.861. The van der Waals surface area contributed by atoms with Crippen molar-refractivity contribution in [1.29, 1.82) is 0 Å². The normalized spacial score (nSPS) is 57.2. The molecule has 3 fully saturated rings. The second kappa shape index (κ2) is 1.53. The second-order valence-electron chi connectivity index (χ2n) is 3.90. The number of ketones is 1. The van der Waals surface area contributed by atoms with Gasteiger partial charge in [0, 0.05) is 24.9 Å². The Hall–Kier alpha value is -0.370. The molecule has 0 aliphatic heterocycles. The van der Waals surface area contributed by atoms with E-state index < -0.39 is 0 Å². The Morgan fingerprint density at radius 1 is 1.64 bits per heavy atom. The Labute approximate surface area is 65.9 Å². The van der Waals surface area contributed by atoms with E-state index in [0.29, 0.717) is 24.2 Å². The zero-order chi connectivity index (χ0) is 7.64. The van der Waals surface area contributed by atoms with E-state index >= 15 is 0 Å². The van der Waals surface area contributed by atoms with Crippen LogP contribution in [0.3, 0.4) is 0 Å². The fourth-order valence-electron chi connectivity index (χ4n) is 3.04. The maximum Gasteiger partial charge on any atom is 0.165 e. The van der Waals surface area contributed by atoms with Crippen molar-refractivity contribution in [1.82, 2.24) is 0 Å². The molecule has 11 heavy (non-hydrogen) atoms. The molecule has 0 amide bonds. The summed E-state index contributed by atoms with van der Waals surface area (Å²) in [4.78, 5) is 11.4. The number of hydrogen-bond acceptors (Lipinski definition) is 2. The van der Waals surface area contributed by atoms with Crippen molar-refractivity contribution in [2.24, 2.45) is 17.8 Å². The standard InChI is InChI=1S/C9H12O2/c1-2-11-9-6(10)4-3-5-7(9)8(5)9/h5,7-8H,2-4H2,1H3. The van der Waals surface area contributed by atoms with Gasteiger partial charge in [-0.05, 0) is 19.3 Å². The molecule has 0 radical (unpaired) electrons. The molecule has 2 atom stereocenters. The van der Waals surface area contributed by atoms with E-state index in [9.17, 15) is 4.79 Å². The lowest BCUT2D eigenvalue weighted by molar-refractivity contribution is -0.144. The number of Topliss-reactive ketones (excluding diaryl/α,β-unsaturated/α-hetero) is 1. The third-order valence-electron chi connectivity index (χ3n) is 3.57. The molecule has 0 bridgehead atoms. The number of fused-ring (bicyclic) bond motifs is 2. The van der Waals surface area contributed by atoms with Crippen LogP contribution >= 0.6 is 0 Å². The minimum atomic E-state index is -0.225. The second-order valence-corrected chi connectivity index (χ2v) is 3.90. The number of ether oxygens (including phenoxy) is 1. The van der Waals surface area contributed by atoms with Crippen LogP contribution in [0.2, 0.25) is 0 Å². The Bertz CT molecular complexity index is 224. The monoisotopic (exact) mass is 152 g/mol. The van der Waals surface area contributed by atoms with Gasteiger partial charge in [-0.1, -0.05) is 0 Å². The van der Waals surface area contributed by atoms with Crippen LogP contribution in [0, 0.1) is 17.8 Å². The third kappa shape index (κ3) is 0.467. The van der Waals surface area contributed by atoms with Crippen LogP contribution < -0.4 is 0 Å². The van der Waals surface area contributed by atoms with Crippen LogP contribution in [0.1, 0.15) is 19.8 Å². The molecule has 0 heterocycles. The van der Waals surface area contributed by atoms with Crippen molar-refractivity contribution in [2.45, 2.75) is 25.4 Å². The first kappa shape index (κ1) is 6.18. The number of carbonyl (C=O) groups is 1. The van der Waals surface area contributed by atoms with Crippen molar-refractivity contribution in [2.75, 3.05) is 6.61 Å². The third-order valence-corrected chi connectivity index (χ3v) is 3.57. The molecular weight excluding hydrogens is 140 g/mol. The fourth-order valence-corrected chi connectivity index (χ4v) is 3.04. The van der Waals surface area contributed by atoms with Gasteiger partial charge in [0.15, 0.2) is 5.78 Å². The highest BCUT2D eigenvalue weighted by Gasteiger charge is 2.89. The minimum absolute atomic E-state index is 0.225. The summed E-state index contributed by atoms with van der Waals surface area (Å²) in [6.45, 7) is 2.68. The van der Waals surface area contributed by atoms with Crippen LogP contribution in [-0.2, 0) is 9.53 Å². The summed E-state index contributed by atoms with van der Waals surface area (Å²) in [6, 6.07) is 0. The van der Waals surface area contributed by atoms with Gasteiger partial charge >= 0.3 is 0 Å². The highest BCUT2D eigenvalue weighted by atomic mass is 16.5. The maximum absolute atomic E-state index is 11.4. The molecule has 0 N–H and O–H groups in total. The van der Waals surface area contributed by atoms with E-state index in [1.807, 2.05) is 6.92 Å². The lowest BCUT2D eigenvalue weighted by Gasteiger charge is -2.30. The Balaban J connectivity index is 1.85. The molecule has 3 saturated carbocycles. The highest BCUT2D eigenvalue weighted by Crippen LogP contribution is 2.81. The molecule has 2 nitrogen and oxygen atoms in total. The molecule has 2 unspecified atom stereocenters. The smallest absolute Gasteiger partial charge is 0.165 e. The number of hydrogen-bond donors (Lipinski definition) is 0. The van der Waals surface area contributed by atoms with E-state index in [1.165, 1.54) is 0 Å². The van der Waals surface area contributed by atoms with Crippen LogP contribution in [0.4, 0.5) is 0 Å². The highest BCUT2D eigenvalue weighted by molar-refractivity contribution is 5.96. The lowest BCUT2D eigenvalue weighted by atomic mass is 9.84. The van der Waals surface area contributed by atoms with Crippen LogP contribution in [-0.4, -0.2) is 18.0 Å². The van der Waals surface area contributed by atoms with Gasteiger partial charge < -0.3 is 4.74 Å². The molecular formula is C9H12O2. The van der Waals surface area contributed by atoms with Crippen molar-refractivity contribution in [3.63, 3.8) is 0 Å². The van der Waals surface area contributed by atoms with Gasteiger partial charge in [0.25, 0.3) is 0 Å². The summed E-state index contributed by atoms with van der Waals surface area (Å²) in [6.07, 6.45) is 1.92. The summed E-state index contributed by atoms with van der Waals surface area (Å²) < 4.78 is 5.54. The van der Waals surface area contributed by atoms with Crippen molar-refractivity contribution >= 4 is 5.78 Å². The van der Waals surface area contributed by atoms with Gasteiger partial charge in [-0.15, -0.1) is 0 Å². The van der Waals surface area contributed by atoms with Gasteiger partial charge in [0.2, 0.25) is 0 Å². The predicted molar refractivity (Wildman–Crippen MR) is 39.1 cm³/mol. The van der Waals surface area contributed by atoms with Gasteiger partial charge in [-0.3, -0.25) is 4.79 Å². The van der Waals surface area contributed by atoms with Crippen molar-refractivity contribution in [3.8, 4) is 0 Å². The minimum Gasteiger partial charge on any atom is -0.367 e. The van der Waals surface area contributed by atoms with E-state index in [4.69, 9.17) is 4.74 Å². The molecule has 3 rings (SSSR count).